The molecular weight excluding hydrogens is 381 g/mol. The first-order valence-corrected chi connectivity index (χ1v) is 9.35. The molecule has 0 atom stereocenters. The van der Waals surface area contributed by atoms with E-state index < -0.39 is 26.1 Å². The van der Waals surface area contributed by atoms with Gasteiger partial charge in [-0.2, -0.15) is 13.2 Å². The van der Waals surface area contributed by atoms with Gasteiger partial charge in [-0.15, -0.1) is 0 Å². The monoisotopic (exact) mass is 400 g/mol. The van der Waals surface area contributed by atoms with Crippen LogP contribution < -0.4 is 4.90 Å². The van der Waals surface area contributed by atoms with Gasteiger partial charge in [0.05, 0.1) is 4.90 Å². The zero-order valence-corrected chi connectivity index (χ0v) is 15.8. The molecule has 0 bridgehead atoms. The van der Waals surface area contributed by atoms with E-state index in [1.54, 1.807) is 7.05 Å². The van der Waals surface area contributed by atoms with Gasteiger partial charge in [0.2, 0.25) is 0 Å². The third kappa shape index (κ3) is 4.60. The van der Waals surface area contributed by atoms with Crippen molar-refractivity contribution >= 4 is 21.4 Å². The van der Waals surface area contributed by atoms with E-state index in [-0.39, 0.29) is 5.56 Å². The Morgan fingerprint density at radius 3 is 1.89 bits per heavy atom. The Balaban J connectivity index is 2.13. The van der Waals surface area contributed by atoms with Crippen molar-refractivity contribution in [3.8, 4) is 0 Å². The fourth-order valence-corrected chi connectivity index (χ4v) is 3.14. The smallest absolute Gasteiger partial charge is 0.378 e. The van der Waals surface area contributed by atoms with E-state index in [0.29, 0.717) is 6.54 Å². The molecule has 0 spiro atoms. The fourth-order valence-electron chi connectivity index (χ4n) is 2.38. The van der Waals surface area contributed by atoms with Gasteiger partial charge in [-0.05, 0) is 42.0 Å². The van der Waals surface area contributed by atoms with Crippen LogP contribution in [-0.2, 0) is 16.4 Å². The average molecular weight is 400 g/mol. The molecule has 27 heavy (non-hydrogen) atoms. The van der Waals surface area contributed by atoms with Gasteiger partial charge in [0.1, 0.15) is 0 Å². The summed E-state index contributed by atoms with van der Waals surface area (Å²) in [5, 5.41) is 0. The summed E-state index contributed by atoms with van der Waals surface area (Å²) in [6.45, 7) is 0.301. The third-order valence-electron chi connectivity index (χ3n) is 3.94. The number of benzene rings is 2. The summed E-state index contributed by atoms with van der Waals surface area (Å²) >= 11 is 0. The summed E-state index contributed by atoms with van der Waals surface area (Å²) in [5.74, 6) is -0.428. The molecule has 0 aromatic heterocycles. The van der Waals surface area contributed by atoms with Crippen molar-refractivity contribution in [2.24, 2.45) is 0 Å². The third-order valence-corrected chi connectivity index (χ3v) is 5.44. The number of carbonyl (C=O) groups excluding carboxylic acids is 1. The number of sulfone groups is 1. The highest BCUT2D eigenvalue weighted by Crippen LogP contribution is 2.30. The number of hydrogen-bond acceptors (Lipinski definition) is 4. The van der Waals surface area contributed by atoms with Crippen LogP contribution >= 0.6 is 0 Å². The van der Waals surface area contributed by atoms with Gasteiger partial charge in [0.15, 0.2) is 0 Å². The molecule has 0 fully saturated rings. The zero-order valence-electron chi connectivity index (χ0n) is 15.0. The second-order valence-electron chi connectivity index (χ2n) is 6.20. The number of hydrogen-bond donors (Lipinski definition) is 0. The Morgan fingerprint density at radius 2 is 1.44 bits per heavy atom. The van der Waals surface area contributed by atoms with E-state index in [9.17, 15) is 26.4 Å². The van der Waals surface area contributed by atoms with E-state index in [1.807, 2.05) is 43.3 Å². The molecule has 0 heterocycles. The number of amides is 1. The molecule has 0 saturated carbocycles. The highest BCUT2D eigenvalue weighted by atomic mass is 32.2. The highest BCUT2D eigenvalue weighted by molar-refractivity contribution is 7.92. The van der Waals surface area contributed by atoms with Crippen LogP contribution in [0.5, 0.6) is 0 Å². The van der Waals surface area contributed by atoms with Crippen molar-refractivity contribution < 1.29 is 26.4 Å². The van der Waals surface area contributed by atoms with Gasteiger partial charge >= 0.3 is 5.51 Å². The molecule has 0 saturated heterocycles. The maximum absolute atomic E-state index is 12.6. The van der Waals surface area contributed by atoms with Crippen molar-refractivity contribution in [1.29, 1.82) is 0 Å². The molecule has 0 N–H and O–H groups in total. The molecule has 2 aromatic carbocycles. The summed E-state index contributed by atoms with van der Waals surface area (Å²) in [6.07, 6.45) is 0. The Labute approximate surface area is 155 Å². The minimum Gasteiger partial charge on any atom is -0.378 e. The molecule has 0 aliphatic rings. The van der Waals surface area contributed by atoms with Gasteiger partial charge < -0.3 is 9.80 Å². The average Bonchev–Trinajstić information content (AvgIpc) is 2.60. The molecule has 0 unspecified atom stereocenters. The number of rotatable bonds is 5. The second-order valence-corrected chi connectivity index (χ2v) is 8.14. The number of halogens is 3. The van der Waals surface area contributed by atoms with E-state index in [2.05, 4.69) is 0 Å². The predicted octanol–water partition coefficient (Wildman–Crippen LogP) is 3.32. The highest BCUT2D eigenvalue weighted by Gasteiger charge is 2.46. The first kappa shape index (κ1) is 20.8. The van der Waals surface area contributed by atoms with Gasteiger partial charge in [-0.25, -0.2) is 8.42 Å². The lowest BCUT2D eigenvalue weighted by Gasteiger charge is -2.19. The molecule has 0 aliphatic carbocycles. The fraction of sp³-hybridized carbons (Fsp3) is 0.278. The zero-order chi connectivity index (χ0) is 20.4. The lowest BCUT2D eigenvalue weighted by molar-refractivity contribution is -0.0436. The van der Waals surface area contributed by atoms with E-state index in [0.717, 1.165) is 35.5 Å². The molecule has 9 heteroatoms. The van der Waals surface area contributed by atoms with Crippen molar-refractivity contribution in [2.45, 2.75) is 16.9 Å². The number of alkyl halides is 3. The summed E-state index contributed by atoms with van der Waals surface area (Å²) < 4.78 is 60.4. The molecule has 5 nitrogen and oxygen atoms in total. The lowest BCUT2D eigenvalue weighted by Crippen LogP contribution is -2.26. The van der Waals surface area contributed by atoms with Crippen LogP contribution in [0.15, 0.2) is 53.4 Å². The molecule has 2 rings (SSSR count). The SMILES string of the molecule is CN(Cc1ccc(N(C)C)cc1)C(=O)c1ccc(S(=O)(=O)C(F)(F)F)cc1. The Hall–Kier alpha value is -2.55. The Morgan fingerprint density at radius 1 is 0.926 bits per heavy atom. The molecule has 0 radical (unpaired) electrons. The Bertz CT molecular complexity index is 906. The van der Waals surface area contributed by atoms with Crippen molar-refractivity contribution in [1.82, 2.24) is 4.90 Å². The summed E-state index contributed by atoms with van der Waals surface area (Å²) in [5.41, 5.74) is -3.39. The number of nitrogens with zero attached hydrogens (tertiary/aromatic N) is 2. The predicted molar refractivity (Wildman–Crippen MR) is 96.2 cm³/mol. The largest absolute Gasteiger partial charge is 0.501 e. The van der Waals surface area contributed by atoms with E-state index >= 15 is 0 Å². The van der Waals surface area contributed by atoms with Crippen LogP contribution in [0.3, 0.4) is 0 Å². The molecule has 146 valence electrons. The van der Waals surface area contributed by atoms with E-state index in [1.165, 1.54) is 4.90 Å². The molecule has 0 aliphatic heterocycles. The van der Waals surface area contributed by atoms with Crippen LogP contribution in [-0.4, -0.2) is 45.9 Å². The lowest BCUT2D eigenvalue weighted by atomic mass is 10.1. The van der Waals surface area contributed by atoms with Crippen LogP contribution in [0.2, 0.25) is 0 Å². The van der Waals surface area contributed by atoms with Crippen LogP contribution in [0.4, 0.5) is 18.9 Å². The number of anilines is 1. The first-order valence-electron chi connectivity index (χ1n) is 7.86. The maximum atomic E-state index is 12.6. The topological polar surface area (TPSA) is 57.7 Å². The van der Waals surface area contributed by atoms with Crippen molar-refractivity contribution in [3.05, 3.63) is 59.7 Å². The van der Waals surface area contributed by atoms with E-state index in [4.69, 9.17) is 0 Å². The number of carbonyl (C=O) groups is 1. The van der Waals surface area contributed by atoms with Crippen molar-refractivity contribution in [3.63, 3.8) is 0 Å². The summed E-state index contributed by atoms with van der Waals surface area (Å²) in [6, 6.07) is 11.3. The molecular formula is C18H19F3N2O3S. The summed E-state index contributed by atoms with van der Waals surface area (Å²) in [4.78, 5) is 14.9. The van der Waals surface area contributed by atoms with Gasteiger partial charge in [-0.1, -0.05) is 12.1 Å². The van der Waals surface area contributed by atoms with Crippen LogP contribution in [0.25, 0.3) is 0 Å². The van der Waals surface area contributed by atoms with Crippen LogP contribution in [0, 0.1) is 0 Å². The first-order chi connectivity index (χ1) is 12.4. The maximum Gasteiger partial charge on any atom is 0.501 e. The normalized spacial score (nSPS) is 11.9. The Kier molecular flexibility index (Phi) is 5.84. The summed E-state index contributed by atoms with van der Waals surface area (Å²) in [7, 11) is -0.0496. The minimum atomic E-state index is -5.43. The second kappa shape index (κ2) is 7.59. The quantitative estimate of drug-likeness (QED) is 0.773. The van der Waals surface area contributed by atoms with Crippen molar-refractivity contribution in [2.75, 3.05) is 26.0 Å². The molecule has 1 amide bonds. The molecule has 2 aromatic rings. The standard InChI is InChI=1S/C18H19F3N2O3S/c1-22(2)15-8-4-13(5-9-15)12-23(3)17(24)14-6-10-16(11-7-14)27(25,26)18(19,20)21/h4-11H,12H2,1-3H3. The minimum absolute atomic E-state index is 0.100. The van der Waals surface area contributed by atoms with Gasteiger partial charge in [0.25, 0.3) is 15.7 Å². The van der Waals surface area contributed by atoms with Gasteiger partial charge in [0, 0.05) is 38.9 Å². The van der Waals surface area contributed by atoms with Crippen LogP contribution in [0.1, 0.15) is 15.9 Å². The van der Waals surface area contributed by atoms with Gasteiger partial charge in [-0.3, -0.25) is 4.79 Å².